The van der Waals surface area contributed by atoms with Crippen molar-refractivity contribution in [1.82, 2.24) is 24.8 Å². The van der Waals surface area contributed by atoms with E-state index in [-0.39, 0.29) is 17.9 Å². The molecular formula is C25H24FN5O2. The molecule has 8 heteroatoms. The van der Waals surface area contributed by atoms with Gasteiger partial charge in [-0.15, -0.1) is 0 Å². The Bertz CT molecular complexity index is 1270. The fourth-order valence-electron chi connectivity index (χ4n) is 4.25. The van der Waals surface area contributed by atoms with Crippen molar-refractivity contribution < 1.29 is 13.9 Å². The number of benzene rings is 2. The summed E-state index contributed by atoms with van der Waals surface area (Å²) in [5.41, 5.74) is 3.45. The topological polar surface area (TPSA) is 72.3 Å². The monoisotopic (exact) mass is 445 g/mol. The first-order chi connectivity index (χ1) is 16.1. The molecule has 1 aliphatic heterocycles. The molecule has 0 bridgehead atoms. The molecule has 0 aliphatic carbocycles. The molecule has 2 amide bonds. The summed E-state index contributed by atoms with van der Waals surface area (Å²) in [5, 5.41) is 2.93. The molecule has 168 valence electrons. The molecule has 3 heterocycles. The predicted octanol–water partition coefficient (Wildman–Crippen LogP) is 4.40. The van der Waals surface area contributed by atoms with Crippen LogP contribution in [0.15, 0.2) is 66.9 Å². The maximum atomic E-state index is 13.1. The van der Waals surface area contributed by atoms with Gasteiger partial charge in [0.05, 0.1) is 13.2 Å². The van der Waals surface area contributed by atoms with Gasteiger partial charge in [0.1, 0.15) is 22.9 Å². The third-order valence-corrected chi connectivity index (χ3v) is 5.97. The Morgan fingerprint density at radius 2 is 1.94 bits per heavy atom. The van der Waals surface area contributed by atoms with Crippen LogP contribution in [-0.4, -0.2) is 45.7 Å². The highest BCUT2D eigenvalue weighted by atomic mass is 19.1. The number of urea groups is 1. The van der Waals surface area contributed by atoms with Crippen LogP contribution in [0.1, 0.15) is 18.0 Å². The normalized spacial score (nSPS) is 15.7. The summed E-state index contributed by atoms with van der Waals surface area (Å²) in [6.07, 6.45) is 2.57. The smallest absolute Gasteiger partial charge is 0.317 e. The molecule has 33 heavy (non-hydrogen) atoms. The highest BCUT2D eigenvalue weighted by Crippen LogP contribution is 2.32. The number of amides is 2. The van der Waals surface area contributed by atoms with Crippen molar-refractivity contribution in [1.29, 1.82) is 0 Å². The first-order valence-electron chi connectivity index (χ1n) is 10.9. The van der Waals surface area contributed by atoms with Gasteiger partial charge in [0.2, 0.25) is 0 Å². The molecule has 1 atom stereocenters. The summed E-state index contributed by atoms with van der Waals surface area (Å²) in [6, 6.07) is 17.7. The minimum Gasteiger partial charge on any atom is -0.497 e. The van der Waals surface area contributed by atoms with E-state index >= 15 is 0 Å². The van der Waals surface area contributed by atoms with Gasteiger partial charge in [-0.05, 0) is 60.5 Å². The number of halogens is 1. The predicted molar refractivity (Wildman–Crippen MR) is 123 cm³/mol. The third kappa shape index (κ3) is 4.24. The van der Waals surface area contributed by atoms with E-state index in [4.69, 9.17) is 9.72 Å². The highest BCUT2D eigenvalue weighted by Gasteiger charge is 2.30. The molecule has 1 saturated heterocycles. The van der Waals surface area contributed by atoms with E-state index in [1.165, 1.54) is 12.1 Å². The van der Waals surface area contributed by atoms with Gasteiger partial charge in [0, 0.05) is 31.4 Å². The van der Waals surface area contributed by atoms with E-state index in [1.807, 2.05) is 36.4 Å². The molecule has 0 spiro atoms. The van der Waals surface area contributed by atoms with Crippen LogP contribution in [-0.2, 0) is 6.54 Å². The van der Waals surface area contributed by atoms with Crippen molar-refractivity contribution in [3.8, 4) is 17.1 Å². The van der Waals surface area contributed by atoms with Gasteiger partial charge in [-0.1, -0.05) is 12.1 Å². The Balaban J connectivity index is 1.36. The number of imidazole rings is 1. The molecular weight excluding hydrogens is 421 g/mol. The van der Waals surface area contributed by atoms with Crippen molar-refractivity contribution >= 4 is 17.2 Å². The van der Waals surface area contributed by atoms with Crippen molar-refractivity contribution in [2.45, 2.75) is 19.0 Å². The van der Waals surface area contributed by atoms with Crippen molar-refractivity contribution in [3.05, 3.63) is 78.2 Å². The molecule has 7 nitrogen and oxygen atoms in total. The maximum absolute atomic E-state index is 13.1. The molecule has 1 aliphatic rings. The number of carbonyl (C=O) groups excluding carboxylic acids is 1. The van der Waals surface area contributed by atoms with Gasteiger partial charge in [-0.25, -0.2) is 19.2 Å². The van der Waals surface area contributed by atoms with Crippen molar-refractivity contribution in [2.24, 2.45) is 0 Å². The van der Waals surface area contributed by atoms with Crippen LogP contribution in [0, 0.1) is 5.82 Å². The Kier molecular flexibility index (Phi) is 5.64. The molecule has 1 N–H and O–H groups in total. The summed E-state index contributed by atoms with van der Waals surface area (Å²) in [5.74, 6) is 1.32. The van der Waals surface area contributed by atoms with Crippen LogP contribution in [0.5, 0.6) is 5.75 Å². The molecule has 2 aromatic carbocycles. The number of methoxy groups -OCH3 is 1. The number of pyridine rings is 1. The number of aromatic nitrogens is 3. The largest absolute Gasteiger partial charge is 0.497 e. The molecule has 0 radical (unpaired) electrons. The average Bonchev–Trinajstić information content (AvgIpc) is 3.48. The zero-order valence-corrected chi connectivity index (χ0v) is 18.2. The third-order valence-electron chi connectivity index (χ3n) is 5.97. The zero-order valence-electron chi connectivity index (χ0n) is 18.2. The van der Waals surface area contributed by atoms with Crippen LogP contribution in [0.4, 0.5) is 9.18 Å². The minimum atomic E-state index is -0.290. The number of hydrogen-bond acceptors (Lipinski definition) is 4. The fourth-order valence-corrected chi connectivity index (χ4v) is 4.25. The second-order valence-electron chi connectivity index (χ2n) is 8.05. The second-order valence-corrected chi connectivity index (χ2v) is 8.05. The summed E-state index contributed by atoms with van der Waals surface area (Å²) >= 11 is 0. The van der Waals surface area contributed by atoms with Crippen LogP contribution < -0.4 is 10.1 Å². The van der Waals surface area contributed by atoms with Crippen LogP contribution in [0.2, 0.25) is 0 Å². The number of carbonyl (C=O) groups is 1. The molecule has 4 aromatic rings. The van der Waals surface area contributed by atoms with Gasteiger partial charge in [0.25, 0.3) is 0 Å². The van der Waals surface area contributed by atoms with E-state index in [1.54, 1.807) is 30.3 Å². The Labute approximate surface area is 190 Å². The van der Waals surface area contributed by atoms with E-state index in [0.717, 1.165) is 40.3 Å². The molecule has 0 unspecified atom stereocenters. The lowest BCUT2D eigenvalue weighted by molar-refractivity contribution is 0.207. The lowest BCUT2D eigenvalue weighted by atomic mass is 10.2. The van der Waals surface area contributed by atoms with E-state index in [0.29, 0.717) is 19.6 Å². The first kappa shape index (κ1) is 20.9. The fraction of sp³-hybridized carbons (Fsp3) is 0.240. The highest BCUT2D eigenvalue weighted by molar-refractivity contribution is 5.78. The number of hydrogen-bond donors (Lipinski definition) is 1. The zero-order chi connectivity index (χ0) is 22.8. The molecule has 5 rings (SSSR count). The molecule has 1 fully saturated rings. The minimum absolute atomic E-state index is 0.0542. The number of fused-ring (bicyclic) bond motifs is 1. The Morgan fingerprint density at radius 3 is 2.70 bits per heavy atom. The molecule has 2 aromatic heterocycles. The quantitative estimate of drug-likeness (QED) is 0.494. The lowest BCUT2D eigenvalue weighted by Gasteiger charge is -2.19. The summed E-state index contributed by atoms with van der Waals surface area (Å²) in [6.45, 7) is 1.54. The molecule has 0 saturated carbocycles. The summed E-state index contributed by atoms with van der Waals surface area (Å²) in [4.78, 5) is 24.0. The number of rotatable bonds is 5. The summed E-state index contributed by atoms with van der Waals surface area (Å²) < 4.78 is 20.5. The van der Waals surface area contributed by atoms with Crippen LogP contribution in [0.25, 0.3) is 22.6 Å². The van der Waals surface area contributed by atoms with E-state index < -0.39 is 0 Å². The maximum Gasteiger partial charge on any atom is 0.317 e. The average molecular weight is 445 g/mol. The van der Waals surface area contributed by atoms with Gasteiger partial charge in [-0.2, -0.15) is 0 Å². The van der Waals surface area contributed by atoms with Gasteiger partial charge in [0.15, 0.2) is 5.65 Å². The summed E-state index contributed by atoms with van der Waals surface area (Å²) in [7, 11) is 1.64. The van der Waals surface area contributed by atoms with Crippen LogP contribution in [0.3, 0.4) is 0 Å². The van der Waals surface area contributed by atoms with Crippen molar-refractivity contribution in [2.75, 3.05) is 20.2 Å². The van der Waals surface area contributed by atoms with Gasteiger partial charge >= 0.3 is 6.03 Å². The Morgan fingerprint density at radius 1 is 1.15 bits per heavy atom. The number of nitrogens with zero attached hydrogens (tertiary/aromatic N) is 4. The standard InChI is InChI=1S/C25H24FN5O2/c1-33-21-10-6-18(7-11-21)23-29-22-3-2-13-27-24(22)31(23)20-12-14-30(16-20)25(32)28-15-17-4-8-19(26)9-5-17/h2-11,13,20H,12,14-16H2,1H3,(H,28,32)/t20-/m0/s1. The van der Waals surface area contributed by atoms with Crippen LogP contribution >= 0.6 is 0 Å². The first-order valence-corrected chi connectivity index (χ1v) is 10.9. The van der Waals surface area contributed by atoms with Crippen molar-refractivity contribution in [3.63, 3.8) is 0 Å². The van der Waals surface area contributed by atoms with E-state index in [2.05, 4.69) is 14.9 Å². The van der Waals surface area contributed by atoms with Gasteiger partial charge < -0.3 is 19.5 Å². The van der Waals surface area contributed by atoms with Gasteiger partial charge in [-0.3, -0.25) is 0 Å². The SMILES string of the molecule is COc1ccc(-c2nc3cccnc3n2[C@H]2CCN(C(=O)NCc3ccc(F)cc3)C2)cc1. The Hall–Kier alpha value is -3.94. The second kappa shape index (κ2) is 8.90. The number of likely N-dealkylation sites (tertiary alicyclic amines) is 1. The number of ether oxygens (including phenoxy) is 1. The lowest BCUT2D eigenvalue weighted by Crippen LogP contribution is -2.38. The van der Waals surface area contributed by atoms with E-state index in [9.17, 15) is 9.18 Å². The number of nitrogens with one attached hydrogen (secondary N) is 1.